The lowest BCUT2D eigenvalue weighted by Gasteiger charge is -2.28. The number of nitrogens with one attached hydrogen (secondary N) is 1. The van der Waals surface area contributed by atoms with Crippen molar-refractivity contribution in [1.29, 1.82) is 5.26 Å². The van der Waals surface area contributed by atoms with Crippen LogP contribution in [0.25, 0.3) is 11.3 Å². The van der Waals surface area contributed by atoms with Crippen molar-refractivity contribution >= 4 is 11.7 Å². The molecule has 1 N–H and O–H groups in total. The van der Waals surface area contributed by atoms with E-state index in [1.165, 1.54) is 0 Å². The molecule has 9 heteroatoms. The van der Waals surface area contributed by atoms with Crippen LogP contribution in [-0.2, 0) is 16.0 Å². The topological polar surface area (TPSA) is 104 Å². The summed E-state index contributed by atoms with van der Waals surface area (Å²) in [6, 6.07) is 15.4. The third kappa shape index (κ3) is 7.53. The van der Waals surface area contributed by atoms with E-state index < -0.39 is 0 Å². The first-order valence-electron chi connectivity index (χ1n) is 13.1. The van der Waals surface area contributed by atoms with Crippen molar-refractivity contribution in [3.05, 3.63) is 65.5 Å². The summed E-state index contributed by atoms with van der Waals surface area (Å²) in [6.45, 7) is 9.25. The number of carbonyl (C=O) groups is 1. The van der Waals surface area contributed by atoms with E-state index in [0.717, 1.165) is 41.4 Å². The SMILES string of the molecule is Cc1cc(Oc2cc(C#N)ccc2-c2ccc(CC(C)(C)NCC(=O)N(C)C)cn2)cc(N2CCOCC2)n1. The molecule has 1 aliphatic rings. The van der Waals surface area contributed by atoms with Crippen LogP contribution >= 0.6 is 0 Å². The van der Waals surface area contributed by atoms with Gasteiger partial charge in [0.15, 0.2) is 0 Å². The summed E-state index contributed by atoms with van der Waals surface area (Å²) in [4.78, 5) is 25.1. The number of nitriles is 1. The van der Waals surface area contributed by atoms with Gasteiger partial charge in [0.1, 0.15) is 17.3 Å². The highest BCUT2D eigenvalue weighted by molar-refractivity contribution is 5.77. The highest BCUT2D eigenvalue weighted by atomic mass is 16.5. The second kappa shape index (κ2) is 12.2. The molecular weight excluding hydrogens is 492 g/mol. The summed E-state index contributed by atoms with van der Waals surface area (Å²) in [5.41, 5.74) is 3.64. The van der Waals surface area contributed by atoms with Gasteiger partial charge >= 0.3 is 0 Å². The monoisotopic (exact) mass is 528 g/mol. The Hall–Kier alpha value is -4.00. The molecule has 1 amide bonds. The van der Waals surface area contributed by atoms with Gasteiger partial charge < -0.3 is 24.6 Å². The maximum Gasteiger partial charge on any atom is 0.236 e. The summed E-state index contributed by atoms with van der Waals surface area (Å²) in [5, 5.41) is 12.9. The number of hydrogen-bond acceptors (Lipinski definition) is 8. The highest BCUT2D eigenvalue weighted by Crippen LogP contribution is 2.35. The van der Waals surface area contributed by atoms with E-state index in [0.29, 0.717) is 36.7 Å². The Morgan fingerprint density at radius 1 is 1.18 bits per heavy atom. The third-order valence-corrected chi connectivity index (χ3v) is 6.55. The van der Waals surface area contributed by atoms with Crippen molar-refractivity contribution in [2.24, 2.45) is 0 Å². The minimum Gasteiger partial charge on any atom is -0.456 e. The molecule has 0 spiro atoms. The molecule has 0 atom stereocenters. The molecule has 3 heterocycles. The number of nitrogens with zero attached hydrogens (tertiary/aromatic N) is 5. The zero-order valence-electron chi connectivity index (χ0n) is 23.3. The Morgan fingerprint density at radius 3 is 2.62 bits per heavy atom. The number of morpholine rings is 1. The minimum atomic E-state index is -0.283. The quantitative estimate of drug-likeness (QED) is 0.445. The Balaban J connectivity index is 1.55. The summed E-state index contributed by atoms with van der Waals surface area (Å²) >= 11 is 0. The van der Waals surface area contributed by atoms with Gasteiger partial charge in [0, 0.05) is 62.3 Å². The van der Waals surface area contributed by atoms with Crippen LogP contribution in [0.5, 0.6) is 11.5 Å². The molecule has 0 unspecified atom stereocenters. The number of amides is 1. The molecular formula is C30H36N6O3. The van der Waals surface area contributed by atoms with E-state index in [9.17, 15) is 10.1 Å². The first-order chi connectivity index (χ1) is 18.6. The van der Waals surface area contributed by atoms with Crippen LogP contribution in [0.15, 0.2) is 48.7 Å². The van der Waals surface area contributed by atoms with E-state index in [4.69, 9.17) is 14.5 Å². The van der Waals surface area contributed by atoms with Gasteiger partial charge in [-0.3, -0.25) is 9.78 Å². The maximum atomic E-state index is 12.0. The predicted octanol–water partition coefficient (Wildman–Crippen LogP) is 3.95. The van der Waals surface area contributed by atoms with Crippen molar-refractivity contribution in [2.75, 3.05) is 51.8 Å². The standard InChI is InChI=1S/C30H36N6O3/c1-21-14-24(16-28(34-21)36-10-12-38-13-11-36)39-27-15-22(18-31)6-8-25(27)26-9-7-23(19-32-26)17-30(2,3)33-20-29(37)35(4)5/h6-9,14-16,19,33H,10-13,17,20H2,1-5H3. The highest BCUT2D eigenvalue weighted by Gasteiger charge is 2.20. The summed E-state index contributed by atoms with van der Waals surface area (Å²) in [6.07, 6.45) is 2.56. The zero-order chi connectivity index (χ0) is 28.0. The number of ether oxygens (including phenoxy) is 2. The fourth-order valence-electron chi connectivity index (χ4n) is 4.38. The van der Waals surface area contributed by atoms with Crippen molar-refractivity contribution in [1.82, 2.24) is 20.2 Å². The van der Waals surface area contributed by atoms with Gasteiger partial charge in [0.2, 0.25) is 5.91 Å². The van der Waals surface area contributed by atoms with E-state index in [1.807, 2.05) is 43.5 Å². The summed E-state index contributed by atoms with van der Waals surface area (Å²) in [5.74, 6) is 2.08. The lowest BCUT2D eigenvalue weighted by molar-refractivity contribution is -0.128. The van der Waals surface area contributed by atoms with Crippen molar-refractivity contribution < 1.29 is 14.3 Å². The lowest BCUT2D eigenvalue weighted by Crippen LogP contribution is -2.46. The molecule has 2 aromatic heterocycles. The Morgan fingerprint density at radius 2 is 1.95 bits per heavy atom. The van der Waals surface area contributed by atoms with Gasteiger partial charge in [0.25, 0.3) is 0 Å². The Bertz CT molecular complexity index is 1340. The van der Waals surface area contributed by atoms with Gasteiger partial charge in [-0.1, -0.05) is 6.07 Å². The molecule has 204 valence electrons. The number of carbonyl (C=O) groups excluding carboxylic acids is 1. The van der Waals surface area contributed by atoms with Crippen LogP contribution in [0.1, 0.15) is 30.7 Å². The predicted molar refractivity (Wildman–Crippen MR) is 151 cm³/mol. The molecule has 4 rings (SSSR count). The van der Waals surface area contributed by atoms with Gasteiger partial charge in [-0.25, -0.2) is 4.98 Å². The van der Waals surface area contributed by atoms with Crippen LogP contribution in [0.4, 0.5) is 5.82 Å². The van der Waals surface area contributed by atoms with Crippen LogP contribution in [0, 0.1) is 18.3 Å². The summed E-state index contributed by atoms with van der Waals surface area (Å²) in [7, 11) is 3.50. The lowest BCUT2D eigenvalue weighted by atomic mass is 9.95. The fourth-order valence-corrected chi connectivity index (χ4v) is 4.38. The van der Waals surface area contributed by atoms with Gasteiger partial charge in [-0.2, -0.15) is 5.26 Å². The van der Waals surface area contributed by atoms with E-state index in [1.54, 1.807) is 31.1 Å². The maximum absolute atomic E-state index is 12.0. The molecule has 0 saturated carbocycles. The van der Waals surface area contributed by atoms with Gasteiger partial charge in [-0.15, -0.1) is 0 Å². The second-order valence-corrected chi connectivity index (χ2v) is 10.6. The van der Waals surface area contributed by atoms with Crippen molar-refractivity contribution in [3.8, 4) is 28.8 Å². The number of benzene rings is 1. The number of hydrogen-bond donors (Lipinski definition) is 1. The van der Waals surface area contributed by atoms with Crippen LogP contribution in [-0.4, -0.2) is 73.3 Å². The average Bonchev–Trinajstić information content (AvgIpc) is 2.92. The van der Waals surface area contributed by atoms with Gasteiger partial charge in [-0.05, 0) is 57.0 Å². The normalized spacial score (nSPS) is 13.6. The third-order valence-electron chi connectivity index (χ3n) is 6.55. The Kier molecular flexibility index (Phi) is 8.79. The van der Waals surface area contributed by atoms with Crippen molar-refractivity contribution in [3.63, 3.8) is 0 Å². The van der Waals surface area contributed by atoms with Crippen LogP contribution in [0.3, 0.4) is 0 Å². The fraction of sp³-hybridized carbons (Fsp3) is 0.400. The molecule has 0 bridgehead atoms. The van der Waals surface area contributed by atoms with Crippen molar-refractivity contribution in [2.45, 2.75) is 32.7 Å². The van der Waals surface area contributed by atoms with Gasteiger partial charge in [0.05, 0.1) is 37.1 Å². The summed E-state index contributed by atoms with van der Waals surface area (Å²) < 4.78 is 11.8. The molecule has 0 aliphatic carbocycles. The van der Waals surface area contributed by atoms with E-state index in [2.05, 4.69) is 35.1 Å². The number of likely N-dealkylation sites (N-methyl/N-ethyl adjacent to an activating group) is 1. The molecule has 1 saturated heterocycles. The molecule has 3 aromatic rings. The molecule has 39 heavy (non-hydrogen) atoms. The first kappa shape index (κ1) is 28.0. The Labute approximate surface area is 230 Å². The van der Waals surface area contributed by atoms with E-state index in [-0.39, 0.29) is 18.0 Å². The van der Waals surface area contributed by atoms with Crippen LogP contribution in [0.2, 0.25) is 0 Å². The second-order valence-electron chi connectivity index (χ2n) is 10.6. The number of aryl methyl sites for hydroxylation is 1. The molecule has 9 nitrogen and oxygen atoms in total. The molecule has 1 fully saturated rings. The number of aromatic nitrogens is 2. The number of rotatable bonds is 9. The smallest absolute Gasteiger partial charge is 0.236 e. The molecule has 0 radical (unpaired) electrons. The number of pyridine rings is 2. The number of anilines is 1. The average molecular weight is 529 g/mol. The molecule has 1 aromatic carbocycles. The van der Waals surface area contributed by atoms with E-state index >= 15 is 0 Å². The molecule has 1 aliphatic heterocycles. The minimum absolute atomic E-state index is 0.0337. The van der Waals surface area contributed by atoms with Crippen LogP contribution < -0.4 is 15.0 Å². The zero-order valence-corrected chi connectivity index (χ0v) is 23.3. The largest absolute Gasteiger partial charge is 0.456 e. The first-order valence-corrected chi connectivity index (χ1v) is 13.1.